The fourth-order valence-corrected chi connectivity index (χ4v) is 0.419. The minimum Gasteiger partial charge on any atom is -0.198 e. The lowest BCUT2D eigenvalue weighted by molar-refractivity contribution is -0.235. The molecule has 0 spiro atoms. The highest BCUT2D eigenvalue weighted by Gasteiger charge is 2.60. The van der Waals surface area contributed by atoms with Crippen LogP contribution in [0.3, 0.4) is 0 Å². The largest absolute Gasteiger partial charge is 0.395 e. The lowest BCUT2D eigenvalue weighted by Crippen LogP contribution is -2.39. The Morgan fingerprint density at radius 1 is 0.833 bits per heavy atom. The fraction of sp³-hybridized carbons (Fsp3) is 1.00. The van der Waals surface area contributed by atoms with Crippen molar-refractivity contribution in [2.45, 2.75) is 23.9 Å². The molecule has 0 saturated heterocycles. The Labute approximate surface area is 67.3 Å². The van der Waals surface area contributed by atoms with Crippen molar-refractivity contribution in [2.24, 2.45) is 0 Å². The third-order valence-corrected chi connectivity index (χ3v) is 1.11. The molecule has 0 radical (unpaired) electrons. The van der Waals surface area contributed by atoms with Gasteiger partial charge in [-0.3, -0.25) is 0 Å². The van der Waals surface area contributed by atoms with E-state index in [2.05, 4.69) is 11.6 Å². The summed E-state index contributed by atoms with van der Waals surface area (Å²) in [7, 11) is 0. The molecule has 0 bridgehead atoms. The lowest BCUT2D eigenvalue weighted by Gasteiger charge is -2.21. The monoisotopic (exact) mass is 218 g/mol. The molecule has 0 aromatic heterocycles. The molecule has 0 aliphatic carbocycles. The standard InChI is InChI=1S/C4H2ClF7/c5-4(11,12)2(6,7)1-3(8,9)10/h1H2. The van der Waals surface area contributed by atoms with Gasteiger partial charge >= 0.3 is 17.5 Å². The van der Waals surface area contributed by atoms with E-state index in [1.165, 1.54) is 0 Å². The molecule has 0 nitrogen and oxygen atoms in total. The van der Waals surface area contributed by atoms with E-state index in [-0.39, 0.29) is 0 Å². The second kappa shape index (κ2) is 2.93. The van der Waals surface area contributed by atoms with Gasteiger partial charge in [0.2, 0.25) is 0 Å². The van der Waals surface area contributed by atoms with Crippen molar-refractivity contribution in [1.82, 2.24) is 0 Å². The van der Waals surface area contributed by atoms with Gasteiger partial charge in [0.1, 0.15) is 6.42 Å². The maximum Gasteiger partial charge on any atom is 0.395 e. The fourth-order valence-electron chi connectivity index (χ4n) is 0.352. The van der Waals surface area contributed by atoms with Gasteiger partial charge < -0.3 is 0 Å². The van der Waals surface area contributed by atoms with Crippen LogP contribution in [0.2, 0.25) is 0 Å². The number of alkyl halides is 8. The molecule has 0 saturated carbocycles. The molecule has 12 heavy (non-hydrogen) atoms. The van der Waals surface area contributed by atoms with E-state index in [0.29, 0.717) is 0 Å². The smallest absolute Gasteiger partial charge is 0.198 e. The zero-order chi connectivity index (χ0) is 10.2. The van der Waals surface area contributed by atoms with Crippen LogP contribution in [-0.2, 0) is 0 Å². The van der Waals surface area contributed by atoms with Crippen molar-refractivity contribution in [3.63, 3.8) is 0 Å². The van der Waals surface area contributed by atoms with E-state index in [0.717, 1.165) is 0 Å². The van der Waals surface area contributed by atoms with Gasteiger partial charge in [-0.2, -0.15) is 30.7 Å². The van der Waals surface area contributed by atoms with Crippen molar-refractivity contribution in [2.75, 3.05) is 0 Å². The molecule has 0 aliphatic rings. The quantitative estimate of drug-likeness (QED) is 0.492. The van der Waals surface area contributed by atoms with Crippen molar-refractivity contribution in [3.8, 4) is 0 Å². The molecule has 0 atom stereocenters. The first-order chi connectivity index (χ1) is 4.96. The van der Waals surface area contributed by atoms with Crippen LogP contribution in [0.5, 0.6) is 0 Å². The SMILES string of the molecule is FC(F)(F)CC(F)(F)C(F)(F)Cl. The predicted octanol–water partition coefficient (Wildman–Crippen LogP) is 3.41. The summed E-state index contributed by atoms with van der Waals surface area (Å²) in [6, 6.07) is 0. The maximum absolute atomic E-state index is 11.8. The Bertz CT molecular complexity index is 154. The Morgan fingerprint density at radius 3 is 1.25 bits per heavy atom. The van der Waals surface area contributed by atoms with Crippen molar-refractivity contribution < 1.29 is 30.7 Å². The van der Waals surface area contributed by atoms with Crippen LogP contribution in [0.15, 0.2) is 0 Å². The van der Waals surface area contributed by atoms with E-state index in [1.54, 1.807) is 0 Å². The van der Waals surface area contributed by atoms with E-state index in [1.807, 2.05) is 0 Å². The molecular formula is C4H2ClF7. The Morgan fingerprint density at radius 2 is 1.17 bits per heavy atom. The molecule has 0 heterocycles. The Kier molecular flexibility index (Phi) is 2.89. The molecule has 74 valence electrons. The molecule has 0 fully saturated rings. The van der Waals surface area contributed by atoms with Crippen LogP contribution < -0.4 is 0 Å². The average molecular weight is 218 g/mol. The third kappa shape index (κ3) is 3.46. The van der Waals surface area contributed by atoms with Crippen LogP contribution in [0.4, 0.5) is 30.7 Å². The van der Waals surface area contributed by atoms with Gasteiger partial charge in [0, 0.05) is 0 Å². The third-order valence-electron chi connectivity index (χ3n) is 0.837. The number of hydrogen-bond acceptors (Lipinski definition) is 0. The van der Waals surface area contributed by atoms with Gasteiger partial charge in [0.05, 0.1) is 0 Å². The molecular weight excluding hydrogens is 216 g/mol. The summed E-state index contributed by atoms with van der Waals surface area (Å²) in [5.74, 6) is -5.27. The van der Waals surface area contributed by atoms with Gasteiger partial charge in [0.15, 0.2) is 0 Å². The zero-order valence-electron chi connectivity index (χ0n) is 5.23. The van der Waals surface area contributed by atoms with Crippen LogP contribution in [0, 0.1) is 0 Å². The van der Waals surface area contributed by atoms with E-state index < -0.39 is 23.9 Å². The van der Waals surface area contributed by atoms with E-state index in [4.69, 9.17) is 0 Å². The lowest BCUT2D eigenvalue weighted by atomic mass is 10.2. The van der Waals surface area contributed by atoms with E-state index >= 15 is 0 Å². The number of hydrogen-bond donors (Lipinski definition) is 0. The molecule has 0 rings (SSSR count). The first kappa shape index (κ1) is 11.8. The highest BCUT2D eigenvalue weighted by molar-refractivity contribution is 6.22. The summed E-state index contributed by atoms with van der Waals surface area (Å²) in [5, 5.41) is -5.18. The van der Waals surface area contributed by atoms with E-state index in [9.17, 15) is 30.7 Å². The highest BCUT2D eigenvalue weighted by Crippen LogP contribution is 2.44. The van der Waals surface area contributed by atoms with Crippen molar-refractivity contribution >= 4 is 11.6 Å². The minimum atomic E-state index is -5.37. The van der Waals surface area contributed by atoms with Gasteiger partial charge in [0.25, 0.3) is 0 Å². The molecule has 0 N–H and O–H groups in total. The molecule has 0 unspecified atom stereocenters. The topological polar surface area (TPSA) is 0 Å². The maximum atomic E-state index is 11.8. The Hall–Kier alpha value is -0.200. The zero-order valence-corrected chi connectivity index (χ0v) is 5.99. The number of rotatable bonds is 2. The summed E-state index contributed by atoms with van der Waals surface area (Å²) in [4.78, 5) is 0. The summed E-state index contributed by atoms with van der Waals surface area (Å²) in [5.41, 5.74) is 0. The van der Waals surface area contributed by atoms with Crippen LogP contribution in [-0.4, -0.2) is 17.5 Å². The predicted molar refractivity (Wildman–Crippen MR) is 26.4 cm³/mol. The second-order valence-corrected chi connectivity index (χ2v) is 2.47. The average Bonchev–Trinajstić information content (AvgIpc) is 1.52. The summed E-state index contributed by atoms with van der Waals surface area (Å²) >= 11 is 3.75. The molecule has 8 heteroatoms. The normalized spacial score (nSPS) is 15.0. The second-order valence-electron chi connectivity index (χ2n) is 1.99. The summed E-state index contributed by atoms with van der Waals surface area (Å²) < 4.78 is 80.4. The molecule has 0 aromatic carbocycles. The first-order valence-corrected chi connectivity index (χ1v) is 2.85. The van der Waals surface area contributed by atoms with Crippen LogP contribution in [0.1, 0.15) is 6.42 Å². The van der Waals surface area contributed by atoms with Gasteiger partial charge in [-0.1, -0.05) is 0 Å². The van der Waals surface area contributed by atoms with Gasteiger partial charge in [-0.15, -0.1) is 0 Å². The minimum absolute atomic E-state index is 2.93. The van der Waals surface area contributed by atoms with Crippen LogP contribution >= 0.6 is 11.6 Å². The Balaban J connectivity index is 4.44. The number of halogens is 8. The highest BCUT2D eigenvalue weighted by atomic mass is 35.5. The first-order valence-electron chi connectivity index (χ1n) is 2.47. The van der Waals surface area contributed by atoms with Crippen molar-refractivity contribution in [1.29, 1.82) is 0 Å². The van der Waals surface area contributed by atoms with Gasteiger partial charge in [-0.05, 0) is 11.6 Å². The molecule has 0 amide bonds. The van der Waals surface area contributed by atoms with Gasteiger partial charge in [-0.25, -0.2) is 0 Å². The van der Waals surface area contributed by atoms with Crippen molar-refractivity contribution in [3.05, 3.63) is 0 Å². The summed E-state index contributed by atoms with van der Waals surface area (Å²) in [6.45, 7) is 0. The molecule has 0 aromatic rings. The molecule has 0 aliphatic heterocycles. The van der Waals surface area contributed by atoms with Crippen LogP contribution in [0.25, 0.3) is 0 Å². The summed E-state index contributed by atoms with van der Waals surface area (Å²) in [6.07, 6.45) is -8.31.